The van der Waals surface area contributed by atoms with Crippen LogP contribution >= 0.6 is 0 Å². The van der Waals surface area contributed by atoms with Gasteiger partial charge in [0.2, 0.25) is 0 Å². The highest BCUT2D eigenvalue weighted by Gasteiger charge is 2.23. The summed E-state index contributed by atoms with van der Waals surface area (Å²) in [6.07, 6.45) is 1.97. The highest BCUT2D eigenvalue weighted by molar-refractivity contribution is 5.21. The maximum atomic E-state index is 6.07. The predicted octanol–water partition coefficient (Wildman–Crippen LogP) is 1.25. The molecule has 1 atom stereocenters. The van der Waals surface area contributed by atoms with E-state index in [1.54, 1.807) is 0 Å². The van der Waals surface area contributed by atoms with Gasteiger partial charge in [0.1, 0.15) is 0 Å². The first-order valence-electron chi connectivity index (χ1n) is 7.44. The molecule has 5 nitrogen and oxygen atoms in total. The van der Waals surface area contributed by atoms with E-state index in [-0.39, 0.29) is 6.04 Å². The molecule has 1 rings (SSSR count). The quantitative estimate of drug-likeness (QED) is 0.779. The number of nitrogens with zero attached hydrogens (tertiary/aromatic N) is 4. The summed E-state index contributed by atoms with van der Waals surface area (Å²) in [5, 5.41) is 4.37. The molecular formula is C15H31N5. The number of aromatic nitrogens is 2. The highest BCUT2D eigenvalue weighted by Crippen LogP contribution is 2.23. The first kappa shape index (κ1) is 17.1. The average molecular weight is 281 g/mol. The summed E-state index contributed by atoms with van der Waals surface area (Å²) in [5.74, 6) is 0.628. The van der Waals surface area contributed by atoms with Crippen LogP contribution in [0, 0.1) is 12.8 Å². The zero-order valence-electron chi connectivity index (χ0n) is 13.9. The summed E-state index contributed by atoms with van der Waals surface area (Å²) in [4.78, 5) is 4.71. The maximum Gasteiger partial charge on any atom is 0.0540 e. The minimum atomic E-state index is 0.256. The van der Waals surface area contributed by atoms with Crippen molar-refractivity contribution in [2.24, 2.45) is 18.7 Å². The Labute approximate surface area is 123 Å². The second-order valence-corrected chi connectivity index (χ2v) is 6.25. The van der Waals surface area contributed by atoms with Crippen LogP contribution in [-0.4, -0.2) is 59.9 Å². The van der Waals surface area contributed by atoms with Gasteiger partial charge >= 0.3 is 0 Å². The molecule has 0 aliphatic rings. The van der Waals surface area contributed by atoms with Gasteiger partial charge in [-0.3, -0.25) is 9.58 Å². The molecule has 1 heterocycles. The van der Waals surface area contributed by atoms with E-state index >= 15 is 0 Å². The highest BCUT2D eigenvalue weighted by atomic mass is 15.3. The van der Waals surface area contributed by atoms with Gasteiger partial charge in [0.05, 0.1) is 12.2 Å². The number of rotatable bonds is 8. The van der Waals surface area contributed by atoms with E-state index in [4.69, 9.17) is 5.73 Å². The Morgan fingerprint density at radius 3 is 2.35 bits per heavy atom. The second-order valence-electron chi connectivity index (χ2n) is 6.25. The number of hydrogen-bond acceptors (Lipinski definition) is 4. The van der Waals surface area contributed by atoms with Crippen molar-refractivity contribution in [2.45, 2.75) is 26.8 Å². The molecule has 0 spiro atoms. The molecule has 0 aliphatic heterocycles. The lowest BCUT2D eigenvalue weighted by atomic mass is 10.0. The molecule has 2 N–H and O–H groups in total. The normalized spacial score (nSPS) is 13.7. The Kier molecular flexibility index (Phi) is 6.65. The predicted molar refractivity (Wildman–Crippen MR) is 84.7 cm³/mol. The fraction of sp³-hybridized carbons (Fsp3) is 0.800. The molecule has 0 radical (unpaired) electrons. The van der Waals surface area contributed by atoms with Crippen molar-refractivity contribution in [1.29, 1.82) is 0 Å². The molecule has 1 unspecified atom stereocenters. The van der Waals surface area contributed by atoms with Crippen molar-refractivity contribution < 1.29 is 0 Å². The summed E-state index contributed by atoms with van der Waals surface area (Å²) in [6, 6.07) is 0.256. The standard InChI is InChI=1S/C15H31N5/c1-12(2)11-20(8-7-18(4)5)15(9-16)14-10-17-19(6)13(14)3/h10,12,15H,7-9,11,16H2,1-6H3. The van der Waals surface area contributed by atoms with Crippen molar-refractivity contribution >= 4 is 0 Å². The molecular weight excluding hydrogens is 250 g/mol. The molecule has 116 valence electrons. The Bertz CT molecular complexity index is 397. The Morgan fingerprint density at radius 1 is 1.30 bits per heavy atom. The molecule has 5 heteroatoms. The molecule has 0 bridgehead atoms. The SMILES string of the molecule is Cc1c(C(CN)N(CCN(C)C)CC(C)C)cnn1C. The Morgan fingerprint density at radius 2 is 1.95 bits per heavy atom. The van der Waals surface area contributed by atoms with Crippen LogP contribution in [-0.2, 0) is 7.05 Å². The first-order chi connectivity index (χ1) is 9.36. The third-order valence-electron chi connectivity index (χ3n) is 3.73. The monoisotopic (exact) mass is 281 g/mol. The van der Waals surface area contributed by atoms with Crippen LogP contribution in [0.3, 0.4) is 0 Å². The van der Waals surface area contributed by atoms with Gasteiger partial charge in [0.25, 0.3) is 0 Å². The minimum absolute atomic E-state index is 0.256. The zero-order valence-corrected chi connectivity index (χ0v) is 13.9. The lowest BCUT2D eigenvalue weighted by Crippen LogP contribution is -2.40. The van der Waals surface area contributed by atoms with Crippen LogP contribution in [0.25, 0.3) is 0 Å². The van der Waals surface area contributed by atoms with Gasteiger partial charge in [0.15, 0.2) is 0 Å². The largest absolute Gasteiger partial charge is 0.329 e. The Hall–Kier alpha value is -0.910. The summed E-state index contributed by atoms with van der Waals surface area (Å²) < 4.78 is 1.93. The van der Waals surface area contributed by atoms with Crippen molar-refractivity contribution in [3.05, 3.63) is 17.5 Å². The average Bonchev–Trinajstić information content (AvgIpc) is 2.68. The van der Waals surface area contributed by atoms with E-state index < -0.39 is 0 Å². The van der Waals surface area contributed by atoms with E-state index in [0.717, 1.165) is 19.6 Å². The fourth-order valence-corrected chi connectivity index (χ4v) is 2.49. The van der Waals surface area contributed by atoms with Gasteiger partial charge in [-0.2, -0.15) is 5.10 Å². The third-order valence-corrected chi connectivity index (χ3v) is 3.73. The van der Waals surface area contributed by atoms with Gasteiger partial charge in [-0.15, -0.1) is 0 Å². The van der Waals surface area contributed by atoms with E-state index in [0.29, 0.717) is 12.5 Å². The van der Waals surface area contributed by atoms with Crippen LogP contribution in [0.15, 0.2) is 6.20 Å². The minimum Gasteiger partial charge on any atom is -0.329 e. The van der Waals surface area contributed by atoms with Crippen molar-refractivity contribution in [3.63, 3.8) is 0 Å². The van der Waals surface area contributed by atoms with E-state index in [9.17, 15) is 0 Å². The maximum absolute atomic E-state index is 6.07. The van der Waals surface area contributed by atoms with Gasteiger partial charge in [-0.05, 0) is 26.9 Å². The molecule has 0 fully saturated rings. The second kappa shape index (κ2) is 7.76. The molecule has 1 aromatic heterocycles. The molecule has 20 heavy (non-hydrogen) atoms. The van der Waals surface area contributed by atoms with Crippen molar-refractivity contribution in [1.82, 2.24) is 19.6 Å². The topological polar surface area (TPSA) is 50.3 Å². The van der Waals surface area contributed by atoms with Crippen LogP contribution in [0.4, 0.5) is 0 Å². The smallest absolute Gasteiger partial charge is 0.0540 e. The first-order valence-corrected chi connectivity index (χ1v) is 7.44. The molecule has 0 saturated carbocycles. The number of hydrogen-bond donors (Lipinski definition) is 1. The summed E-state index contributed by atoms with van der Waals surface area (Å²) in [6.45, 7) is 10.4. The summed E-state index contributed by atoms with van der Waals surface area (Å²) >= 11 is 0. The zero-order chi connectivity index (χ0) is 15.3. The van der Waals surface area contributed by atoms with Crippen LogP contribution < -0.4 is 5.73 Å². The van der Waals surface area contributed by atoms with Crippen molar-refractivity contribution in [2.75, 3.05) is 40.3 Å². The summed E-state index contributed by atoms with van der Waals surface area (Å²) in [7, 11) is 6.21. The lowest BCUT2D eigenvalue weighted by molar-refractivity contribution is 0.163. The van der Waals surface area contributed by atoms with Gasteiger partial charge in [-0.1, -0.05) is 13.8 Å². The Balaban J connectivity index is 2.91. The van der Waals surface area contributed by atoms with E-state index in [2.05, 4.69) is 49.8 Å². The molecule has 0 saturated heterocycles. The van der Waals surface area contributed by atoms with Crippen molar-refractivity contribution in [3.8, 4) is 0 Å². The fourth-order valence-electron chi connectivity index (χ4n) is 2.49. The number of nitrogens with two attached hydrogens (primary N) is 1. The number of aryl methyl sites for hydroxylation is 1. The molecule has 0 aromatic carbocycles. The lowest BCUT2D eigenvalue weighted by Gasteiger charge is -2.33. The van der Waals surface area contributed by atoms with Gasteiger partial charge in [-0.25, -0.2) is 0 Å². The van der Waals surface area contributed by atoms with Gasteiger partial charge in [0, 0.05) is 44.5 Å². The van der Waals surface area contributed by atoms with Crippen LogP contribution in [0.2, 0.25) is 0 Å². The molecule has 1 aromatic rings. The van der Waals surface area contributed by atoms with Gasteiger partial charge < -0.3 is 10.6 Å². The number of likely N-dealkylation sites (N-methyl/N-ethyl adjacent to an activating group) is 1. The van der Waals surface area contributed by atoms with E-state index in [1.807, 2.05) is 17.9 Å². The molecule has 0 aliphatic carbocycles. The van der Waals surface area contributed by atoms with Crippen LogP contribution in [0.1, 0.15) is 31.1 Å². The molecule has 0 amide bonds. The van der Waals surface area contributed by atoms with Crippen LogP contribution in [0.5, 0.6) is 0 Å². The van der Waals surface area contributed by atoms with E-state index in [1.165, 1.54) is 11.3 Å². The third kappa shape index (κ3) is 4.58. The summed E-state index contributed by atoms with van der Waals surface area (Å²) in [5.41, 5.74) is 8.54.